The summed E-state index contributed by atoms with van der Waals surface area (Å²) in [5.74, 6) is -0.247. The first-order valence-electron chi connectivity index (χ1n) is 6.90. The maximum atomic E-state index is 13.1. The summed E-state index contributed by atoms with van der Waals surface area (Å²) in [7, 11) is 1.81. The van der Waals surface area contributed by atoms with Crippen LogP contribution in [0.4, 0.5) is 4.39 Å². The highest BCUT2D eigenvalue weighted by Crippen LogP contribution is 2.38. The predicted molar refractivity (Wildman–Crippen MR) is 82.0 cm³/mol. The van der Waals surface area contributed by atoms with Crippen molar-refractivity contribution >= 4 is 17.1 Å². The zero-order valence-electron chi connectivity index (χ0n) is 11.7. The van der Waals surface area contributed by atoms with Crippen LogP contribution >= 0.6 is 11.3 Å². The number of hydrogen-bond acceptors (Lipinski definition) is 4. The van der Waals surface area contributed by atoms with Crippen LogP contribution in [0.2, 0.25) is 0 Å². The number of Topliss-reactive ketones (excluding diaryl/α,β-unsaturated/α-hetero) is 1. The number of benzene rings is 1. The molecule has 5 heteroatoms. The molecule has 3 rings (SSSR count). The van der Waals surface area contributed by atoms with Crippen molar-refractivity contribution < 1.29 is 9.18 Å². The van der Waals surface area contributed by atoms with Crippen molar-refractivity contribution in [3.63, 3.8) is 0 Å². The summed E-state index contributed by atoms with van der Waals surface area (Å²) >= 11 is 1.45. The highest BCUT2D eigenvalue weighted by Gasteiger charge is 2.43. The summed E-state index contributed by atoms with van der Waals surface area (Å²) < 4.78 is 13.1. The van der Waals surface area contributed by atoms with E-state index < -0.39 is 6.67 Å². The molecule has 2 heterocycles. The normalized spacial score (nSPS) is 25.4. The van der Waals surface area contributed by atoms with Gasteiger partial charge in [0.15, 0.2) is 5.78 Å². The Labute approximate surface area is 127 Å². The minimum atomic E-state index is -0.533. The highest BCUT2D eigenvalue weighted by atomic mass is 32.1. The van der Waals surface area contributed by atoms with Gasteiger partial charge in [0.05, 0.1) is 18.1 Å². The molecule has 1 saturated heterocycles. The maximum absolute atomic E-state index is 13.1. The molecular formula is C16H17FN2OS. The Morgan fingerprint density at radius 1 is 1.29 bits per heavy atom. The van der Waals surface area contributed by atoms with Crippen LogP contribution in [0.1, 0.15) is 28.0 Å². The smallest absolute Gasteiger partial charge is 0.165 e. The van der Waals surface area contributed by atoms with Crippen LogP contribution in [0, 0.1) is 0 Å². The largest absolute Gasteiger partial charge is 0.304 e. The molecule has 2 N–H and O–H groups in total. The van der Waals surface area contributed by atoms with E-state index in [1.807, 2.05) is 42.8 Å². The van der Waals surface area contributed by atoms with Gasteiger partial charge in [0, 0.05) is 4.88 Å². The van der Waals surface area contributed by atoms with Gasteiger partial charge in [0.25, 0.3) is 0 Å². The fraction of sp³-hybridized carbons (Fsp3) is 0.312. The van der Waals surface area contributed by atoms with Crippen LogP contribution in [-0.2, 0) is 11.5 Å². The molecule has 1 aliphatic heterocycles. The molecule has 0 spiro atoms. The molecule has 21 heavy (non-hydrogen) atoms. The fourth-order valence-corrected chi connectivity index (χ4v) is 3.92. The number of carbonyl (C=O) groups excluding carboxylic acids is 1. The van der Waals surface area contributed by atoms with E-state index >= 15 is 0 Å². The quantitative estimate of drug-likeness (QED) is 0.912. The van der Waals surface area contributed by atoms with Gasteiger partial charge in [-0.3, -0.25) is 10.1 Å². The molecule has 1 aromatic carbocycles. The Morgan fingerprint density at radius 3 is 2.71 bits per heavy atom. The highest BCUT2D eigenvalue weighted by molar-refractivity contribution is 7.10. The second kappa shape index (κ2) is 6.05. The summed E-state index contributed by atoms with van der Waals surface area (Å²) in [6.07, 6.45) is -0.174. The molecule has 3 unspecified atom stereocenters. The Balaban J connectivity index is 1.96. The zero-order valence-corrected chi connectivity index (χ0v) is 12.5. The number of carbonyl (C=O) groups is 1. The first kappa shape index (κ1) is 14.4. The second-order valence-electron chi connectivity index (χ2n) is 5.10. The molecule has 3 atom stereocenters. The third-order valence-corrected chi connectivity index (χ3v) is 4.96. The summed E-state index contributed by atoms with van der Waals surface area (Å²) in [4.78, 5) is 13.7. The monoisotopic (exact) mass is 304 g/mol. The first-order valence-corrected chi connectivity index (χ1v) is 7.78. The van der Waals surface area contributed by atoms with Gasteiger partial charge < -0.3 is 5.32 Å². The summed E-state index contributed by atoms with van der Waals surface area (Å²) in [5.41, 5.74) is 1.57. The molecule has 0 bridgehead atoms. The van der Waals surface area contributed by atoms with E-state index in [-0.39, 0.29) is 23.9 Å². The topological polar surface area (TPSA) is 41.1 Å². The van der Waals surface area contributed by atoms with Crippen molar-refractivity contribution in [2.45, 2.75) is 24.8 Å². The first-order chi connectivity index (χ1) is 10.3. The number of halogens is 1. The molecule has 2 aromatic rings. The lowest BCUT2D eigenvalue weighted by Crippen LogP contribution is -2.39. The number of alkyl halides is 1. The minimum Gasteiger partial charge on any atom is -0.304 e. The van der Waals surface area contributed by atoms with Crippen LogP contribution < -0.4 is 10.6 Å². The average Bonchev–Trinajstić information content (AvgIpc) is 3.11. The Kier molecular flexibility index (Phi) is 4.14. The molecule has 3 nitrogen and oxygen atoms in total. The van der Waals surface area contributed by atoms with E-state index in [0.29, 0.717) is 5.56 Å². The van der Waals surface area contributed by atoms with Crippen LogP contribution in [0.25, 0.3) is 0 Å². The van der Waals surface area contributed by atoms with Gasteiger partial charge >= 0.3 is 0 Å². The third-order valence-electron chi connectivity index (χ3n) is 3.92. The van der Waals surface area contributed by atoms with Crippen molar-refractivity contribution in [3.8, 4) is 0 Å². The minimum absolute atomic E-state index is 0.0951. The molecule has 0 aliphatic carbocycles. The van der Waals surface area contributed by atoms with Crippen molar-refractivity contribution in [1.82, 2.24) is 10.6 Å². The van der Waals surface area contributed by atoms with Crippen LogP contribution in [0.5, 0.6) is 0 Å². The van der Waals surface area contributed by atoms with Crippen molar-refractivity contribution in [2.75, 3.05) is 7.05 Å². The van der Waals surface area contributed by atoms with Crippen molar-refractivity contribution in [1.29, 1.82) is 0 Å². The fourth-order valence-electron chi connectivity index (χ4n) is 2.87. The molecule has 1 aromatic heterocycles. The van der Waals surface area contributed by atoms with E-state index in [2.05, 4.69) is 10.6 Å². The average molecular weight is 304 g/mol. The van der Waals surface area contributed by atoms with Crippen LogP contribution in [-0.4, -0.2) is 19.0 Å². The number of nitrogens with one attached hydrogen (secondary N) is 2. The maximum Gasteiger partial charge on any atom is 0.165 e. The van der Waals surface area contributed by atoms with Gasteiger partial charge in [-0.15, -0.1) is 11.3 Å². The summed E-state index contributed by atoms with van der Waals surface area (Å²) in [6.45, 7) is -0.533. The summed E-state index contributed by atoms with van der Waals surface area (Å²) in [6, 6.07) is 11.1. The van der Waals surface area contributed by atoms with Gasteiger partial charge in [-0.1, -0.05) is 30.3 Å². The Morgan fingerprint density at radius 2 is 2.05 bits per heavy atom. The van der Waals surface area contributed by atoms with E-state index in [1.54, 1.807) is 6.07 Å². The number of hydrogen-bond donors (Lipinski definition) is 2. The lowest BCUT2D eigenvalue weighted by molar-refractivity contribution is -0.120. The molecule has 1 aliphatic rings. The second-order valence-corrected chi connectivity index (χ2v) is 6.05. The third kappa shape index (κ3) is 2.52. The molecule has 0 radical (unpaired) electrons. The molecule has 110 valence electrons. The Hall–Kier alpha value is -1.56. The molecule has 0 amide bonds. The van der Waals surface area contributed by atoms with E-state index in [1.165, 1.54) is 11.3 Å². The lowest BCUT2D eigenvalue weighted by Gasteiger charge is -2.17. The number of thiophene rings is 1. The molecular weight excluding hydrogens is 287 g/mol. The standard InChI is InChI=1S/C16H17FN2OS/c1-18-16-12(15-11(9-17)7-8-21-15)14(20)13(19-16)10-5-3-2-4-6-10/h2-8,12-13,16,18-19H,9H2,1H3. The van der Waals surface area contributed by atoms with E-state index in [9.17, 15) is 9.18 Å². The number of rotatable bonds is 4. The molecule has 1 fully saturated rings. The van der Waals surface area contributed by atoms with Gasteiger partial charge in [-0.05, 0) is 29.6 Å². The number of likely N-dealkylation sites (N-methyl/N-ethyl adjacent to an activating group) is 1. The lowest BCUT2D eigenvalue weighted by atomic mass is 9.94. The van der Waals surface area contributed by atoms with Gasteiger partial charge in [-0.2, -0.15) is 0 Å². The van der Waals surface area contributed by atoms with Gasteiger partial charge in [-0.25, -0.2) is 4.39 Å². The summed E-state index contributed by atoms with van der Waals surface area (Å²) in [5, 5.41) is 8.30. The van der Waals surface area contributed by atoms with Crippen LogP contribution in [0.15, 0.2) is 41.8 Å². The van der Waals surface area contributed by atoms with Crippen molar-refractivity contribution in [3.05, 3.63) is 57.8 Å². The van der Waals surface area contributed by atoms with Crippen molar-refractivity contribution in [2.24, 2.45) is 0 Å². The van der Waals surface area contributed by atoms with E-state index in [4.69, 9.17) is 0 Å². The van der Waals surface area contributed by atoms with Gasteiger partial charge in [0.1, 0.15) is 6.67 Å². The SMILES string of the molecule is CNC1NC(c2ccccc2)C(=O)C1c1sccc1CF. The Bertz CT molecular complexity index is 628. The zero-order chi connectivity index (χ0) is 14.8. The molecule has 0 saturated carbocycles. The van der Waals surface area contributed by atoms with Crippen LogP contribution in [0.3, 0.4) is 0 Å². The number of ketones is 1. The predicted octanol–water partition coefficient (Wildman–Crippen LogP) is 2.76. The van der Waals surface area contributed by atoms with Gasteiger partial charge in [0.2, 0.25) is 0 Å². The van der Waals surface area contributed by atoms with E-state index in [0.717, 1.165) is 10.4 Å².